The lowest BCUT2D eigenvalue weighted by Crippen LogP contribution is -2.53. The van der Waals surface area contributed by atoms with Crippen LogP contribution in [0.1, 0.15) is 30.6 Å². The van der Waals surface area contributed by atoms with Gasteiger partial charge in [0.15, 0.2) is 5.78 Å². The zero-order chi connectivity index (χ0) is 13.7. The third-order valence-electron chi connectivity index (χ3n) is 3.81. The highest BCUT2D eigenvalue weighted by atomic mass is 16.1. The van der Waals surface area contributed by atoms with Gasteiger partial charge in [-0.2, -0.15) is 0 Å². The molecule has 0 spiro atoms. The summed E-state index contributed by atoms with van der Waals surface area (Å²) in [7, 11) is 0. The van der Waals surface area contributed by atoms with Crippen LogP contribution in [0.15, 0.2) is 54.6 Å². The van der Waals surface area contributed by atoms with Gasteiger partial charge in [0.1, 0.15) is 5.54 Å². The fraction of sp³-hybridized carbons (Fsp3) is 0.353. The highest BCUT2D eigenvalue weighted by Gasteiger charge is 2.40. The van der Waals surface area contributed by atoms with Crippen LogP contribution in [0.25, 0.3) is 0 Å². The van der Waals surface area contributed by atoms with E-state index >= 15 is 0 Å². The second kappa shape index (κ2) is 5.98. The highest BCUT2D eigenvalue weighted by molar-refractivity contribution is 6.05. The Morgan fingerprint density at radius 1 is 1.16 bits per heavy atom. The van der Waals surface area contributed by atoms with Gasteiger partial charge in [0.25, 0.3) is 0 Å². The first-order valence-corrected chi connectivity index (χ1v) is 6.94. The molecule has 2 heteroatoms. The summed E-state index contributed by atoms with van der Waals surface area (Å²) >= 11 is 0. The van der Waals surface area contributed by atoms with Gasteiger partial charge in [-0.1, -0.05) is 68.5 Å². The van der Waals surface area contributed by atoms with E-state index in [-0.39, 0.29) is 5.78 Å². The van der Waals surface area contributed by atoms with Crippen molar-refractivity contribution in [3.05, 3.63) is 60.2 Å². The smallest absolute Gasteiger partial charge is 0.187 e. The zero-order valence-electron chi connectivity index (χ0n) is 11.7. The molecular weight excluding hydrogens is 234 g/mol. The van der Waals surface area contributed by atoms with E-state index in [0.717, 1.165) is 25.1 Å². The van der Waals surface area contributed by atoms with E-state index in [1.165, 1.54) is 0 Å². The fourth-order valence-electron chi connectivity index (χ4n) is 2.78. The second-order valence-electron chi connectivity index (χ2n) is 4.78. The number of carbonyl (C=O) groups is 1. The monoisotopic (exact) mass is 255 g/mol. The number of Topliss-reactive ketones (excluding diaryl/α,β-unsaturated/α-hetero) is 1. The summed E-state index contributed by atoms with van der Waals surface area (Å²) in [6.45, 7) is 5.95. The largest absolute Gasteiger partial charge is 0.292 e. The van der Waals surface area contributed by atoms with E-state index in [0.29, 0.717) is 0 Å². The molecule has 0 fully saturated rings. The predicted molar refractivity (Wildman–Crippen MR) is 79.3 cm³/mol. The van der Waals surface area contributed by atoms with Crippen molar-refractivity contribution in [2.24, 2.45) is 0 Å². The summed E-state index contributed by atoms with van der Waals surface area (Å²) in [6, 6.07) is 9.59. The molecule has 0 radical (unpaired) electrons. The van der Waals surface area contributed by atoms with E-state index < -0.39 is 5.54 Å². The Kier molecular flexibility index (Phi) is 4.33. The minimum Gasteiger partial charge on any atom is -0.292 e. The van der Waals surface area contributed by atoms with Gasteiger partial charge in [-0.15, -0.1) is 0 Å². The summed E-state index contributed by atoms with van der Waals surface area (Å²) in [5.74, 6) is 0.192. The van der Waals surface area contributed by atoms with Crippen molar-refractivity contribution < 1.29 is 4.79 Å². The Balaban J connectivity index is 2.41. The molecule has 0 heterocycles. The summed E-state index contributed by atoms with van der Waals surface area (Å²) in [4.78, 5) is 15.2. The average molecular weight is 255 g/mol. The SMILES string of the molecule is CCN(CC)C1(C(=O)c2ccccc2)C=CC=CC1. The number of benzene rings is 1. The second-order valence-corrected chi connectivity index (χ2v) is 4.78. The molecule has 19 heavy (non-hydrogen) atoms. The first-order chi connectivity index (χ1) is 9.24. The van der Waals surface area contributed by atoms with Crippen LogP contribution in [0.2, 0.25) is 0 Å². The van der Waals surface area contributed by atoms with E-state index in [1.807, 2.05) is 42.5 Å². The molecule has 0 saturated heterocycles. The molecule has 2 rings (SSSR count). The van der Waals surface area contributed by atoms with Gasteiger partial charge in [0.05, 0.1) is 0 Å². The Bertz CT molecular complexity index is 485. The third-order valence-corrected chi connectivity index (χ3v) is 3.81. The van der Waals surface area contributed by atoms with Crippen molar-refractivity contribution in [3.63, 3.8) is 0 Å². The van der Waals surface area contributed by atoms with Crippen LogP contribution in [0.5, 0.6) is 0 Å². The van der Waals surface area contributed by atoms with Gasteiger partial charge in [-0.25, -0.2) is 0 Å². The molecule has 1 aromatic rings. The summed E-state index contributed by atoms with van der Waals surface area (Å²) < 4.78 is 0. The lowest BCUT2D eigenvalue weighted by Gasteiger charge is -2.40. The Morgan fingerprint density at radius 2 is 1.84 bits per heavy atom. The molecular formula is C17H21NO. The maximum Gasteiger partial charge on any atom is 0.187 e. The zero-order valence-corrected chi connectivity index (χ0v) is 11.7. The number of carbonyl (C=O) groups excluding carboxylic acids is 1. The number of likely N-dealkylation sites (N-methyl/N-ethyl adjacent to an activating group) is 1. The van der Waals surface area contributed by atoms with Crippen molar-refractivity contribution in [1.82, 2.24) is 4.90 Å². The number of nitrogens with zero attached hydrogens (tertiary/aromatic N) is 1. The lowest BCUT2D eigenvalue weighted by molar-refractivity contribution is 0.0697. The van der Waals surface area contributed by atoms with Crippen molar-refractivity contribution >= 4 is 5.78 Å². The fourth-order valence-corrected chi connectivity index (χ4v) is 2.78. The molecule has 0 saturated carbocycles. The molecule has 1 unspecified atom stereocenters. The Labute approximate surface area is 115 Å². The van der Waals surface area contributed by atoms with Crippen molar-refractivity contribution in [1.29, 1.82) is 0 Å². The third kappa shape index (κ3) is 2.54. The van der Waals surface area contributed by atoms with Crippen LogP contribution >= 0.6 is 0 Å². The van der Waals surface area contributed by atoms with Crippen LogP contribution in [0, 0.1) is 0 Å². The van der Waals surface area contributed by atoms with E-state index in [1.54, 1.807) is 0 Å². The van der Waals surface area contributed by atoms with Crippen LogP contribution in [-0.4, -0.2) is 29.3 Å². The molecule has 0 amide bonds. The average Bonchev–Trinajstić information content (AvgIpc) is 2.49. The van der Waals surface area contributed by atoms with Gasteiger partial charge in [0.2, 0.25) is 0 Å². The molecule has 0 aliphatic heterocycles. The molecule has 0 aromatic heterocycles. The van der Waals surface area contributed by atoms with Crippen LogP contribution in [0.3, 0.4) is 0 Å². The minimum atomic E-state index is -0.514. The standard InChI is InChI=1S/C17H21NO/c1-3-18(4-2)17(13-9-6-10-14-17)16(19)15-11-7-5-8-12-15/h5-13H,3-4,14H2,1-2H3. The number of hydrogen-bond donors (Lipinski definition) is 0. The predicted octanol–water partition coefficient (Wildman–Crippen LogP) is 3.47. The minimum absolute atomic E-state index is 0.192. The van der Waals surface area contributed by atoms with Gasteiger partial charge in [-0.05, 0) is 19.5 Å². The van der Waals surface area contributed by atoms with E-state index in [2.05, 4.69) is 30.9 Å². The Hall–Kier alpha value is -1.67. The number of ketones is 1. The normalized spacial score (nSPS) is 21.8. The lowest BCUT2D eigenvalue weighted by atomic mass is 9.81. The summed E-state index contributed by atoms with van der Waals surface area (Å²) in [5.41, 5.74) is 0.272. The highest BCUT2D eigenvalue weighted by Crippen LogP contribution is 2.29. The number of allylic oxidation sites excluding steroid dienone is 2. The molecule has 0 N–H and O–H groups in total. The van der Waals surface area contributed by atoms with Crippen molar-refractivity contribution in [2.75, 3.05) is 13.1 Å². The number of rotatable bonds is 5. The maximum atomic E-state index is 13.0. The first kappa shape index (κ1) is 13.8. The van der Waals surface area contributed by atoms with Crippen LogP contribution < -0.4 is 0 Å². The molecule has 1 atom stereocenters. The first-order valence-electron chi connectivity index (χ1n) is 6.94. The van der Waals surface area contributed by atoms with Gasteiger partial charge in [0, 0.05) is 5.56 Å². The summed E-state index contributed by atoms with van der Waals surface area (Å²) in [5, 5.41) is 0. The Morgan fingerprint density at radius 3 is 2.37 bits per heavy atom. The van der Waals surface area contributed by atoms with Crippen molar-refractivity contribution in [2.45, 2.75) is 25.8 Å². The quantitative estimate of drug-likeness (QED) is 0.751. The molecule has 1 aliphatic carbocycles. The van der Waals surface area contributed by atoms with Crippen LogP contribution in [0.4, 0.5) is 0 Å². The van der Waals surface area contributed by atoms with Crippen LogP contribution in [-0.2, 0) is 0 Å². The van der Waals surface area contributed by atoms with Gasteiger partial charge < -0.3 is 0 Å². The molecule has 2 nitrogen and oxygen atoms in total. The maximum absolute atomic E-state index is 13.0. The number of hydrogen-bond acceptors (Lipinski definition) is 2. The molecule has 1 aliphatic rings. The molecule has 0 bridgehead atoms. The van der Waals surface area contributed by atoms with E-state index in [4.69, 9.17) is 0 Å². The summed E-state index contributed by atoms with van der Waals surface area (Å²) in [6.07, 6.45) is 8.89. The van der Waals surface area contributed by atoms with Gasteiger partial charge in [-0.3, -0.25) is 9.69 Å². The molecule has 1 aromatic carbocycles. The topological polar surface area (TPSA) is 20.3 Å². The van der Waals surface area contributed by atoms with E-state index in [9.17, 15) is 4.79 Å². The van der Waals surface area contributed by atoms with Crippen molar-refractivity contribution in [3.8, 4) is 0 Å². The molecule has 100 valence electrons. The van der Waals surface area contributed by atoms with Gasteiger partial charge >= 0.3 is 0 Å².